The largest absolute Gasteiger partial charge is 0.508 e. The van der Waals surface area contributed by atoms with Crippen molar-refractivity contribution in [3.05, 3.63) is 48.0 Å². The third-order valence-corrected chi connectivity index (χ3v) is 5.04. The average Bonchev–Trinajstić information content (AvgIpc) is 2.60. The molecule has 0 fully saturated rings. The fourth-order valence-electron chi connectivity index (χ4n) is 2.76. The summed E-state index contributed by atoms with van der Waals surface area (Å²) in [6.45, 7) is 2.19. The van der Waals surface area contributed by atoms with Crippen LogP contribution in [-0.4, -0.2) is 18.1 Å². The summed E-state index contributed by atoms with van der Waals surface area (Å²) >= 11 is 0. The lowest BCUT2D eigenvalue weighted by Gasteiger charge is -2.10. The van der Waals surface area contributed by atoms with Crippen molar-refractivity contribution >= 4 is 10.1 Å². The smallest absolute Gasteiger partial charge is 0.294 e. The first-order valence-electron chi connectivity index (χ1n) is 8.97. The van der Waals surface area contributed by atoms with Crippen molar-refractivity contribution in [1.82, 2.24) is 0 Å². The Kier molecular flexibility index (Phi) is 7.48. The zero-order chi connectivity index (χ0) is 19.0. The minimum atomic E-state index is -4.27. The van der Waals surface area contributed by atoms with Crippen LogP contribution in [0.15, 0.2) is 47.4 Å². The zero-order valence-corrected chi connectivity index (χ0v) is 15.8. The van der Waals surface area contributed by atoms with Crippen molar-refractivity contribution in [2.24, 2.45) is 0 Å². The molecule has 2 aromatic rings. The first kappa shape index (κ1) is 20.3. The molecule has 0 atom stereocenters. The molecule has 142 valence electrons. The number of rotatable bonds is 10. The first-order valence-corrected chi connectivity index (χ1v) is 10.4. The third kappa shape index (κ3) is 6.35. The fourth-order valence-corrected chi connectivity index (χ4v) is 3.27. The monoisotopic (exact) mass is 378 g/mol. The zero-order valence-electron chi connectivity index (χ0n) is 15.0. The van der Waals surface area contributed by atoms with Crippen LogP contribution in [0.3, 0.4) is 0 Å². The van der Waals surface area contributed by atoms with Gasteiger partial charge < -0.3 is 9.84 Å². The van der Waals surface area contributed by atoms with Crippen molar-refractivity contribution in [3.8, 4) is 17.2 Å². The van der Waals surface area contributed by atoms with Crippen LogP contribution in [0.1, 0.15) is 51.0 Å². The van der Waals surface area contributed by atoms with Gasteiger partial charge in [-0.3, -0.25) is 4.55 Å². The molecule has 0 saturated carbocycles. The van der Waals surface area contributed by atoms with E-state index in [9.17, 15) is 13.5 Å². The highest BCUT2D eigenvalue weighted by Crippen LogP contribution is 2.29. The molecule has 0 aliphatic carbocycles. The van der Waals surface area contributed by atoms with Crippen molar-refractivity contribution in [1.29, 1.82) is 0 Å². The van der Waals surface area contributed by atoms with Crippen LogP contribution in [0, 0.1) is 0 Å². The third-order valence-electron chi connectivity index (χ3n) is 4.19. The van der Waals surface area contributed by atoms with E-state index in [2.05, 4.69) is 6.92 Å². The summed E-state index contributed by atoms with van der Waals surface area (Å²) in [7, 11) is -4.27. The lowest BCUT2D eigenvalue weighted by Crippen LogP contribution is -1.98. The van der Waals surface area contributed by atoms with Crippen LogP contribution in [0.2, 0.25) is 0 Å². The quantitative estimate of drug-likeness (QED) is 0.431. The van der Waals surface area contributed by atoms with E-state index in [4.69, 9.17) is 9.29 Å². The Morgan fingerprint density at radius 2 is 1.62 bits per heavy atom. The Hall–Kier alpha value is -2.05. The van der Waals surface area contributed by atoms with Crippen molar-refractivity contribution in [2.45, 2.75) is 56.8 Å². The Balaban J connectivity index is 2.00. The van der Waals surface area contributed by atoms with E-state index < -0.39 is 10.1 Å². The number of phenolic OH excluding ortho intramolecular Hbond substituents is 1. The van der Waals surface area contributed by atoms with Crippen LogP contribution in [0.25, 0.3) is 0 Å². The van der Waals surface area contributed by atoms with Gasteiger partial charge in [0.15, 0.2) is 0 Å². The molecule has 0 aliphatic heterocycles. The van der Waals surface area contributed by atoms with Crippen molar-refractivity contribution in [2.75, 3.05) is 0 Å². The van der Waals surface area contributed by atoms with Crippen LogP contribution < -0.4 is 4.74 Å². The minimum Gasteiger partial charge on any atom is -0.508 e. The Morgan fingerprint density at radius 1 is 0.923 bits per heavy atom. The summed E-state index contributed by atoms with van der Waals surface area (Å²) in [4.78, 5) is -0.221. The molecule has 0 saturated heterocycles. The summed E-state index contributed by atoms with van der Waals surface area (Å²) < 4.78 is 37.2. The normalized spacial score (nSPS) is 11.5. The molecule has 5 nitrogen and oxygen atoms in total. The molecule has 6 heteroatoms. The lowest BCUT2D eigenvalue weighted by molar-refractivity contribution is 0.454. The second-order valence-corrected chi connectivity index (χ2v) is 7.78. The van der Waals surface area contributed by atoms with Gasteiger partial charge in [-0.1, -0.05) is 45.1 Å². The predicted molar refractivity (Wildman–Crippen MR) is 102 cm³/mol. The number of hydrogen-bond acceptors (Lipinski definition) is 4. The Labute approximate surface area is 155 Å². The second-order valence-electron chi connectivity index (χ2n) is 6.36. The summed E-state index contributed by atoms with van der Waals surface area (Å²) in [6.07, 6.45) is 7.82. The summed E-state index contributed by atoms with van der Waals surface area (Å²) in [5, 5.41) is 10.0. The van der Waals surface area contributed by atoms with E-state index in [1.807, 2.05) is 0 Å². The van der Waals surface area contributed by atoms with Gasteiger partial charge in [0, 0.05) is 6.07 Å². The van der Waals surface area contributed by atoms with Gasteiger partial charge in [0.1, 0.15) is 17.2 Å². The molecule has 0 unspecified atom stereocenters. The number of unbranched alkanes of at least 4 members (excludes halogenated alkanes) is 5. The molecule has 26 heavy (non-hydrogen) atoms. The maximum atomic E-state index is 11.2. The van der Waals surface area contributed by atoms with Gasteiger partial charge in [-0.25, -0.2) is 0 Å². The lowest BCUT2D eigenvalue weighted by atomic mass is 10.0. The SMILES string of the molecule is CCCCCCCCc1cc(Oc2cccc(S(=O)(=O)O)c2)ccc1O. The molecule has 0 radical (unpaired) electrons. The first-order chi connectivity index (χ1) is 12.4. The van der Waals surface area contributed by atoms with E-state index in [-0.39, 0.29) is 10.6 Å². The number of aryl methyl sites for hydroxylation is 1. The fraction of sp³-hybridized carbons (Fsp3) is 0.400. The maximum absolute atomic E-state index is 11.2. The molecule has 0 aromatic heterocycles. The highest BCUT2D eigenvalue weighted by Gasteiger charge is 2.11. The van der Waals surface area contributed by atoms with Gasteiger partial charge >= 0.3 is 0 Å². The number of hydrogen-bond donors (Lipinski definition) is 2. The van der Waals surface area contributed by atoms with Gasteiger partial charge in [0.2, 0.25) is 0 Å². The molecular weight excluding hydrogens is 352 g/mol. The highest BCUT2D eigenvalue weighted by atomic mass is 32.2. The molecule has 2 rings (SSSR count). The number of phenols is 1. The van der Waals surface area contributed by atoms with Crippen LogP contribution in [0.5, 0.6) is 17.2 Å². The molecular formula is C20H26O5S. The van der Waals surface area contributed by atoms with Gasteiger partial charge in [-0.2, -0.15) is 8.42 Å². The van der Waals surface area contributed by atoms with E-state index in [1.54, 1.807) is 24.3 Å². The molecule has 0 bridgehead atoms. The summed E-state index contributed by atoms with van der Waals surface area (Å²) in [5.74, 6) is 1.05. The minimum absolute atomic E-state index is 0.221. The van der Waals surface area contributed by atoms with E-state index >= 15 is 0 Å². The molecule has 2 N–H and O–H groups in total. The van der Waals surface area contributed by atoms with Gasteiger partial charge in [0.25, 0.3) is 10.1 Å². The Bertz CT molecular complexity index is 815. The number of benzene rings is 2. The molecule has 0 amide bonds. The molecule has 2 aromatic carbocycles. The number of aromatic hydroxyl groups is 1. The summed E-state index contributed by atoms with van der Waals surface area (Å²) in [5.41, 5.74) is 0.809. The van der Waals surface area contributed by atoms with Crippen molar-refractivity contribution in [3.63, 3.8) is 0 Å². The maximum Gasteiger partial charge on any atom is 0.294 e. The standard InChI is InChI=1S/C20H26O5S/c1-2-3-4-5-6-7-9-16-14-18(12-13-20(16)21)25-17-10-8-11-19(15-17)26(22,23)24/h8,10-15,21H,2-7,9H2,1H3,(H,22,23,24). The topological polar surface area (TPSA) is 83.8 Å². The molecule has 0 aliphatic rings. The van der Waals surface area contributed by atoms with E-state index in [1.165, 1.54) is 43.9 Å². The highest BCUT2D eigenvalue weighted by molar-refractivity contribution is 7.85. The van der Waals surface area contributed by atoms with Gasteiger partial charge in [-0.15, -0.1) is 0 Å². The van der Waals surface area contributed by atoms with Crippen LogP contribution in [0.4, 0.5) is 0 Å². The van der Waals surface area contributed by atoms with Gasteiger partial charge in [-0.05, 0) is 48.7 Å². The van der Waals surface area contributed by atoms with Gasteiger partial charge in [0.05, 0.1) is 4.90 Å². The predicted octanol–water partition coefficient (Wildman–Crippen LogP) is 5.33. The summed E-state index contributed by atoms with van der Waals surface area (Å²) in [6, 6.07) is 10.6. The number of ether oxygens (including phenoxy) is 1. The van der Waals surface area contributed by atoms with E-state index in [0.717, 1.165) is 24.8 Å². The van der Waals surface area contributed by atoms with Crippen LogP contribution in [-0.2, 0) is 16.5 Å². The molecule has 0 spiro atoms. The molecule has 0 heterocycles. The van der Waals surface area contributed by atoms with Crippen molar-refractivity contribution < 1.29 is 22.8 Å². The van der Waals surface area contributed by atoms with Crippen LogP contribution >= 0.6 is 0 Å². The Morgan fingerprint density at radius 3 is 2.35 bits per heavy atom. The second kappa shape index (κ2) is 9.59. The van der Waals surface area contributed by atoms with E-state index in [0.29, 0.717) is 11.5 Å². The average molecular weight is 378 g/mol.